The highest BCUT2D eigenvalue weighted by Gasteiger charge is 2.26. The van der Waals surface area contributed by atoms with Crippen LogP contribution < -0.4 is 0 Å². The van der Waals surface area contributed by atoms with Gasteiger partial charge in [0.1, 0.15) is 0 Å². The Morgan fingerprint density at radius 2 is 1.81 bits per heavy atom. The number of thiol groups is 1. The van der Waals surface area contributed by atoms with Crippen LogP contribution in [0.1, 0.15) is 46.0 Å². The van der Waals surface area contributed by atoms with Crippen molar-refractivity contribution >= 4 is 12.6 Å². The van der Waals surface area contributed by atoms with Crippen LogP contribution in [0.3, 0.4) is 0 Å². The smallest absolute Gasteiger partial charge is 0.00452 e. The first-order valence-corrected chi connectivity index (χ1v) is 6.99. The summed E-state index contributed by atoms with van der Waals surface area (Å²) in [5.74, 6) is 4.61. The lowest BCUT2D eigenvalue weighted by molar-refractivity contribution is 0.288. The summed E-state index contributed by atoms with van der Waals surface area (Å²) < 4.78 is 0. The van der Waals surface area contributed by atoms with Gasteiger partial charge >= 0.3 is 0 Å². The van der Waals surface area contributed by atoms with E-state index in [0.717, 1.165) is 0 Å². The van der Waals surface area contributed by atoms with E-state index in [1.54, 1.807) is 0 Å². The van der Waals surface area contributed by atoms with Gasteiger partial charge in [-0.25, -0.2) is 0 Å². The van der Waals surface area contributed by atoms with E-state index in [2.05, 4.69) is 25.8 Å². The topological polar surface area (TPSA) is 0 Å². The first-order valence-electron chi connectivity index (χ1n) is 6.47. The zero-order chi connectivity index (χ0) is 12.0. The molecule has 90 valence electrons. The Hall–Kier alpha value is -0.350. The molecule has 0 aromatic heterocycles. The zero-order valence-corrected chi connectivity index (χ0v) is 11.4. The van der Waals surface area contributed by atoms with Gasteiger partial charge in [-0.15, -0.1) is 6.42 Å². The van der Waals surface area contributed by atoms with E-state index in [-0.39, 0.29) is 0 Å². The molecule has 0 radical (unpaired) electrons. The Morgan fingerprint density at radius 3 is 2.50 bits per heavy atom. The van der Waals surface area contributed by atoms with Crippen molar-refractivity contribution in [3.05, 3.63) is 12.2 Å². The predicted molar refractivity (Wildman–Crippen MR) is 75.7 cm³/mol. The van der Waals surface area contributed by atoms with Gasteiger partial charge < -0.3 is 0 Å². The molecule has 1 fully saturated rings. The molecule has 1 aliphatic carbocycles. The van der Waals surface area contributed by atoms with E-state index in [4.69, 9.17) is 19.1 Å². The lowest BCUT2D eigenvalue weighted by Crippen LogP contribution is -2.24. The van der Waals surface area contributed by atoms with E-state index in [9.17, 15) is 0 Å². The molecule has 0 N–H and O–H groups in total. The number of rotatable bonds is 1. The van der Waals surface area contributed by atoms with Crippen LogP contribution in [0.15, 0.2) is 12.2 Å². The summed E-state index contributed by atoms with van der Waals surface area (Å²) in [6, 6.07) is 0. The third kappa shape index (κ3) is 3.91. The van der Waals surface area contributed by atoms with Crippen molar-refractivity contribution in [1.82, 2.24) is 0 Å². The van der Waals surface area contributed by atoms with Crippen molar-refractivity contribution in [2.45, 2.75) is 51.2 Å². The molecule has 1 saturated carbocycles. The van der Waals surface area contributed by atoms with E-state index in [0.29, 0.717) is 23.0 Å². The lowest BCUT2D eigenvalue weighted by Gasteiger charge is -2.29. The van der Waals surface area contributed by atoms with Gasteiger partial charge in [-0.05, 0) is 36.7 Å². The van der Waals surface area contributed by atoms with Crippen molar-refractivity contribution in [1.29, 1.82) is 0 Å². The SMILES string of the molecule is C#CC=CC1CCCCCC(S)C(C)C1C. The first kappa shape index (κ1) is 13.7. The predicted octanol–water partition coefficient (Wildman–Crippen LogP) is 4.33. The van der Waals surface area contributed by atoms with Crippen LogP contribution in [0.4, 0.5) is 0 Å². The minimum Gasteiger partial charge on any atom is -0.176 e. The van der Waals surface area contributed by atoms with E-state index >= 15 is 0 Å². The summed E-state index contributed by atoms with van der Waals surface area (Å²) in [5, 5.41) is 0.551. The largest absolute Gasteiger partial charge is 0.176 e. The van der Waals surface area contributed by atoms with Crippen LogP contribution >= 0.6 is 12.6 Å². The molecule has 0 heterocycles. The third-order valence-corrected chi connectivity index (χ3v) is 4.82. The monoisotopic (exact) mass is 236 g/mol. The third-order valence-electron chi connectivity index (χ3n) is 4.09. The van der Waals surface area contributed by atoms with Gasteiger partial charge in [-0.1, -0.05) is 45.1 Å². The van der Waals surface area contributed by atoms with Gasteiger partial charge in [0, 0.05) is 5.25 Å². The quantitative estimate of drug-likeness (QED) is 0.508. The standard InChI is InChI=1S/C15H24S/c1-4-5-9-14-10-7-6-8-11-15(16)13(3)12(14)2/h1,5,9,12-16H,6-8,10-11H2,2-3H3. The number of terminal acetylenes is 1. The molecule has 0 aromatic rings. The number of allylic oxidation sites excluding steroid dienone is 2. The summed E-state index contributed by atoms with van der Waals surface area (Å²) in [6.45, 7) is 4.69. The molecule has 0 amide bonds. The molecule has 0 aliphatic heterocycles. The normalized spacial score (nSPS) is 37.4. The van der Waals surface area contributed by atoms with Gasteiger partial charge in [-0.3, -0.25) is 0 Å². The number of hydrogen-bond donors (Lipinski definition) is 1. The molecule has 1 aliphatic rings. The fourth-order valence-corrected chi connectivity index (χ4v) is 3.08. The van der Waals surface area contributed by atoms with Gasteiger partial charge in [0.15, 0.2) is 0 Å². The molecule has 1 rings (SSSR count). The average molecular weight is 236 g/mol. The molecule has 0 spiro atoms. The second-order valence-electron chi connectivity index (χ2n) is 5.11. The number of hydrogen-bond acceptors (Lipinski definition) is 1. The Bertz CT molecular complexity index is 261. The van der Waals surface area contributed by atoms with Gasteiger partial charge in [0.05, 0.1) is 0 Å². The van der Waals surface area contributed by atoms with E-state index in [1.807, 2.05) is 6.08 Å². The van der Waals surface area contributed by atoms with Crippen LogP contribution in [-0.4, -0.2) is 5.25 Å². The van der Waals surface area contributed by atoms with Crippen LogP contribution in [0.2, 0.25) is 0 Å². The minimum atomic E-state index is 0.551. The van der Waals surface area contributed by atoms with Crippen molar-refractivity contribution in [2.75, 3.05) is 0 Å². The molecule has 16 heavy (non-hydrogen) atoms. The van der Waals surface area contributed by atoms with Crippen molar-refractivity contribution in [3.63, 3.8) is 0 Å². The van der Waals surface area contributed by atoms with Crippen LogP contribution in [0.25, 0.3) is 0 Å². The zero-order valence-electron chi connectivity index (χ0n) is 10.5. The molecule has 1 heteroatoms. The van der Waals surface area contributed by atoms with E-state index in [1.165, 1.54) is 32.1 Å². The van der Waals surface area contributed by atoms with Crippen molar-refractivity contribution in [3.8, 4) is 12.3 Å². The molecule has 4 unspecified atom stereocenters. The Kier molecular flexibility index (Phi) is 6.06. The summed E-state index contributed by atoms with van der Waals surface area (Å²) in [4.78, 5) is 0. The maximum atomic E-state index is 5.30. The second-order valence-corrected chi connectivity index (χ2v) is 5.78. The molecular weight excluding hydrogens is 212 g/mol. The van der Waals surface area contributed by atoms with Gasteiger partial charge in [-0.2, -0.15) is 12.6 Å². The molecular formula is C15H24S. The Morgan fingerprint density at radius 1 is 1.12 bits per heavy atom. The fourth-order valence-electron chi connectivity index (χ4n) is 2.63. The summed E-state index contributed by atoms with van der Waals surface area (Å²) in [7, 11) is 0. The summed E-state index contributed by atoms with van der Waals surface area (Å²) >= 11 is 4.75. The highest BCUT2D eigenvalue weighted by Crippen LogP contribution is 2.34. The second kappa shape index (κ2) is 7.07. The van der Waals surface area contributed by atoms with Crippen molar-refractivity contribution in [2.24, 2.45) is 17.8 Å². The first-order chi connectivity index (χ1) is 7.66. The summed E-state index contributed by atoms with van der Waals surface area (Å²) in [6.07, 6.45) is 16.0. The molecule has 0 saturated heterocycles. The van der Waals surface area contributed by atoms with Crippen molar-refractivity contribution < 1.29 is 0 Å². The molecule has 0 aromatic carbocycles. The molecule has 4 atom stereocenters. The van der Waals surface area contributed by atoms with Gasteiger partial charge in [0.2, 0.25) is 0 Å². The van der Waals surface area contributed by atoms with Crippen LogP contribution in [0, 0.1) is 30.1 Å². The van der Waals surface area contributed by atoms with E-state index < -0.39 is 0 Å². The molecule has 0 nitrogen and oxygen atoms in total. The van der Waals surface area contributed by atoms with Crippen LogP contribution in [-0.2, 0) is 0 Å². The Balaban J connectivity index is 2.72. The minimum absolute atomic E-state index is 0.551. The average Bonchev–Trinajstić information content (AvgIpc) is 2.34. The fraction of sp³-hybridized carbons (Fsp3) is 0.733. The van der Waals surface area contributed by atoms with Gasteiger partial charge in [0.25, 0.3) is 0 Å². The maximum Gasteiger partial charge on any atom is 0.00452 e. The Labute approximate surface area is 106 Å². The molecule has 0 bridgehead atoms. The highest BCUT2D eigenvalue weighted by molar-refractivity contribution is 7.81. The summed E-state index contributed by atoms with van der Waals surface area (Å²) in [5.41, 5.74) is 0. The lowest BCUT2D eigenvalue weighted by atomic mass is 9.80. The van der Waals surface area contributed by atoms with Crippen LogP contribution in [0.5, 0.6) is 0 Å². The highest BCUT2D eigenvalue weighted by atomic mass is 32.1. The maximum absolute atomic E-state index is 5.30.